The smallest absolute Gasteiger partial charge is 0.343 e. The molecule has 0 radical (unpaired) electrons. The molecule has 0 bridgehead atoms. The number of phenols is 3. The van der Waals surface area contributed by atoms with E-state index in [1.807, 2.05) is 0 Å². The van der Waals surface area contributed by atoms with Gasteiger partial charge in [0.1, 0.15) is 23.3 Å². The van der Waals surface area contributed by atoms with Crippen LogP contribution >= 0.6 is 0 Å². The Labute approximate surface area is 174 Å². The number of esters is 1. The van der Waals surface area contributed by atoms with Crippen molar-refractivity contribution in [2.24, 2.45) is 0 Å². The van der Waals surface area contributed by atoms with Crippen LogP contribution in [0.5, 0.6) is 17.2 Å². The number of carbonyl (C=O) groups is 4. The Hall–Kier alpha value is -4.34. The van der Waals surface area contributed by atoms with Crippen LogP contribution in [0.3, 0.4) is 0 Å². The lowest BCUT2D eigenvalue weighted by atomic mass is 9.80. The number of aliphatic carboxylic acids is 1. The zero-order valence-electron chi connectivity index (χ0n) is 16.2. The van der Waals surface area contributed by atoms with Gasteiger partial charge in [0.05, 0.1) is 5.57 Å². The first-order chi connectivity index (χ1) is 14.5. The molecule has 0 fully saturated rings. The van der Waals surface area contributed by atoms with Crippen molar-refractivity contribution in [1.29, 1.82) is 0 Å². The number of hydrogen-bond acceptors (Lipinski definition) is 9. The lowest BCUT2D eigenvalue weighted by Crippen LogP contribution is -2.50. The molecule has 1 aliphatic heterocycles. The fraction of sp³-hybridized carbons (Fsp3) is 0.143. The van der Waals surface area contributed by atoms with Gasteiger partial charge in [0.25, 0.3) is 0 Å². The van der Waals surface area contributed by atoms with Gasteiger partial charge >= 0.3 is 11.9 Å². The van der Waals surface area contributed by atoms with Gasteiger partial charge in [0.15, 0.2) is 11.5 Å². The van der Waals surface area contributed by atoms with Gasteiger partial charge in [-0.3, -0.25) is 9.59 Å². The number of benzene rings is 1. The number of carboxylic acid groups (broad SMARTS) is 1. The molecule has 31 heavy (non-hydrogen) atoms. The number of aromatic hydroxyl groups is 3. The van der Waals surface area contributed by atoms with Crippen LogP contribution in [0.25, 0.3) is 0 Å². The number of hydrogen-bond donors (Lipinski definition) is 4. The van der Waals surface area contributed by atoms with Crippen LogP contribution in [0, 0.1) is 6.92 Å². The first-order valence-electron chi connectivity index (χ1n) is 8.74. The molecule has 0 aromatic heterocycles. The Kier molecular flexibility index (Phi) is 5.16. The highest BCUT2D eigenvalue weighted by atomic mass is 16.6. The van der Waals surface area contributed by atoms with Crippen molar-refractivity contribution >= 4 is 23.5 Å². The Balaban J connectivity index is 1.95. The highest BCUT2D eigenvalue weighted by molar-refractivity contribution is 6.26. The molecule has 1 aliphatic carbocycles. The summed E-state index contributed by atoms with van der Waals surface area (Å²) in [6, 6.07) is 0.720. The van der Waals surface area contributed by atoms with Gasteiger partial charge in [-0.2, -0.15) is 0 Å². The molecule has 0 saturated heterocycles. The van der Waals surface area contributed by atoms with E-state index >= 15 is 0 Å². The second-order valence-corrected chi connectivity index (χ2v) is 6.85. The van der Waals surface area contributed by atoms with E-state index in [-0.39, 0.29) is 22.5 Å². The molecular weight excluding hydrogens is 412 g/mol. The van der Waals surface area contributed by atoms with Gasteiger partial charge in [0, 0.05) is 17.7 Å². The van der Waals surface area contributed by atoms with Crippen molar-refractivity contribution in [2.75, 3.05) is 0 Å². The summed E-state index contributed by atoms with van der Waals surface area (Å²) in [6.45, 7) is 2.30. The molecule has 1 heterocycles. The summed E-state index contributed by atoms with van der Waals surface area (Å²) < 4.78 is 10.3. The fourth-order valence-electron chi connectivity index (χ4n) is 3.02. The topological polar surface area (TPSA) is 168 Å². The molecule has 0 amide bonds. The quantitative estimate of drug-likeness (QED) is 0.181. The molecule has 2 aliphatic rings. The van der Waals surface area contributed by atoms with Crippen LogP contribution in [-0.2, 0) is 23.9 Å². The second-order valence-electron chi connectivity index (χ2n) is 6.85. The summed E-state index contributed by atoms with van der Waals surface area (Å²) in [4.78, 5) is 48.9. The zero-order valence-corrected chi connectivity index (χ0v) is 16.2. The maximum atomic E-state index is 12.9. The van der Waals surface area contributed by atoms with Crippen LogP contribution in [0.2, 0.25) is 0 Å². The fourth-order valence-corrected chi connectivity index (χ4v) is 3.02. The van der Waals surface area contributed by atoms with Gasteiger partial charge < -0.3 is 29.9 Å². The molecule has 1 atom stereocenters. The molecule has 10 heteroatoms. The summed E-state index contributed by atoms with van der Waals surface area (Å²) >= 11 is 0. The summed E-state index contributed by atoms with van der Waals surface area (Å²) in [7, 11) is 0. The average Bonchev–Trinajstić information content (AvgIpc) is 2.69. The van der Waals surface area contributed by atoms with Crippen LogP contribution in [0.15, 0.2) is 53.5 Å². The standard InChI is InChI=1S/C21H16O10/c1-9-17(13(22)7-14(23)18(9)27)20(29)31-21(2)15(24)6-10-5-11(3-4-16(25)26)30-8-12(10)19(21)28/h3-8,22-23,27H,1-2H3,(H,25,26). The lowest BCUT2D eigenvalue weighted by molar-refractivity contribution is -0.145. The summed E-state index contributed by atoms with van der Waals surface area (Å²) in [5.41, 5.74) is -2.97. The van der Waals surface area contributed by atoms with Crippen molar-refractivity contribution in [1.82, 2.24) is 0 Å². The number of rotatable bonds is 4. The summed E-state index contributed by atoms with van der Waals surface area (Å²) in [5.74, 6) is -6.26. The zero-order chi connectivity index (χ0) is 23.1. The third-order valence-corrected chi connectivity index (χ3v) is 4.75. The molecule has 10 nitrogen and oxygen atoms in total. The van der Waals surface area contributed by atoms with Gasteiger partial charge in [-0.25, -0.2) is 9.59 Å². The van der Waals surface area contributed by atoms with Crippen molar-refractivity contribution in [3.05, 3.63) is 64.7 Å². The van der Waals surface area contributed by atoms with E-state index in [1.165, 1.54) is 13.0 Å². The maximum Gasteiger partial charge on any atom is 0.343 e. The highest BCUT2D eigenvalue weighted by Gasteiger charge is 2.50. The number of carboxylic acids is 1. The SMILES string of the molecule is Cc1c(O)c(O)cc(O)c1C(=O)OC1(C)C(=O)C=C2C=C(C=CC(=O)O)OC=C2C1=O. The Morgan fingerprint density at radius 2 is 1.81 bits per heavy atom. The maximum absolute atomic E-state index is 12.9. The van der Waals surface area contributed by atoms with Crippen molar-refractivity contribution in [3.8, 4) is 17.2 Å². The minimum absolute atomic E-state index is 0.0683. The molecule has 1 aromatic rings. The average molecular weight is 428 g/mol. The molecule has 1 unspecified atom stereocenters. The monoisotopic (exact) mass is 428 g/mol. The van der Waals surface area contributed by atoms with Gasteiger partial charge in [-0.15, -0.1) is 0 Å². The lowest BCUT2D eigenvalue weighted by Gasteiger charge is -2.31. The Morgan fingerprint density at radius 1 is 1.13 bits per heavy atom. The normalized spacial score (nSPS) is 20.4. The number of Topliss-reactive ketones (excluding diaryl/α,β-unsaturated/α-hetero) is 1. The summed E-state index contributed by atoms with van der Waals surface area (Å²) in [6.07, 6.45) is 5.26. The van der Waals surface area contributed by atoms with E-state index in [2.05, 4.69) is 0 Å². The molecule has 4 N–H and O–H groups in total. The van der Waals surface area contributed by atoms with E-state index < -0.39 is 51.9 Å². The number of allylic oxidation sites excluding steroid dienone is 3. The molecule has 3 rings (SSSR count). The number of fused-ring (bicyclic) bond motifs is 1. The largest absolute Gasteiger partial charge is 0.507 e. The van der Waals surface area contributed by atoms with Crippen molar-refractivity contribution < 1.29 is 49.1 Å². The van der Waals surface area contributed by atoms with Crippen LogP contribution in [0.4, 0.5) is 0 Å². The Bertz CT molecular complexity index is 1170. The van der Waals surface area contributed by atoms with E-state index in [9.17, 15) is 34.5 Å². The third-order valence-electron chi connectivity index (χ3n) is 4.75. The van der Waals surface area contributed by atoms with E-state index in [0.717, 1.165) is 37.5 Å². The van der Waals surface area contributed by atoms with Gasteiger partial charge in [-0.1, -0.05) is 0 Å². The van der Waals surface area contributed by atoms with E-state index in [1.54, 1.807) is 0 Å². The van der Waals surface area contributed by atoms with Crippen LogP contribution in [0.1, 0.15) is 22.8 Å². The van der Waals surface area contributed by atoms with E-state index in [0.29, 0.717) is 0 Å². The minimum atomic E-state index is -2.29. The van der Waals surface area contributed by atoms with Crippen molar-refractivity contribution in [3.63, 3.8) is 0 Å². The summed E-state index contributed by atoms with van der Waals surface area (Å²) in [5, 5.41) is 38.0. The predicted octanol–water partition coefficient (Wildman–Crippen LogP) is 1.54. The Morgan fingerprint density at radius 3 is 2.45 bits per heavy atom. The van der Waals surface area contributed by atoms with Gasteiger partial charge in [-0.05, 0) is 37.6 Å². The van der Waals surface area contributed by atoms with E-state index in [4.69, 9.17) is 14.6 Å². The number of phenolic OH excluding ortho intramolecular Hbond substituents is 3. The molecule has 0 spiro atoms. The van der Waals surface area contributed by atoms with Crippen LogP contribution in [-0.4, -0.2) is 49.5 Å². The molecule has 0 saturated carbocycles. The first kappa shape index (κ1) is 21.4. The molecular formula is C21H16O10. The van der Waals surface area contributed by atoms with Crippen LogP contribution < -0.4 is 0 Å². The highest BCUT2D eigenvalue weighted by Crippen LogP contribution is 2.39. The minimum Gasteiger partial charge on any atom is -0.507 e. The number of ketones is 2. The molecule has 160 valence electrons. The van der Waals surface area contributed by atoms with Gasteiger partial charge in [0.2, 0.25) is 17.2 Å². The second kappa shape index (κ2) is 7.48. The number of carbonyl (C=O) groups excluding carboxylic acids is 3. The molecule has 1 aromatic carbocycles. The number of ether oxygens (including phenoxy) is 2. The third kappa shape index (κ3) is 3.66. The van der Waals surface area contributed by atoms with Crippen molar-refractivity contribution in [2.45, 2.75) is 19.4 Å². The first-order valence-corrected chi connectivity index (χ1v) is 8.74. The predicted molar refractivity (Wildman–Crippen MR) is 102 cm³/mol.